The molecule has 1 aromatic carbocycles. The molecule has 3 saturated carbocycles. The quantitative estimate of drug-likeness (QED) is 0.673. The second-order valence-corrected chi connectivity index (χ2v) is 9.17. The molecule has 0 radical (unpaired) electrons. The molecule has 3 aromatic rings. The van der Waals surface area contributed by atoms with Crippen LogP contribution in [0.25, 0.3) is 11.0 Å². The van der Waals surface area contributed by atoms with Crippen molar-refractivity contribution in [3.8, 4) is 11.6 Å². The number of nitrogens with one attached hydrogen (secondary N) is 1. The summed E-state index contributed by atoms with van der Waals surface area (Å²) in [6, 6.07) is 8.55. The van der Waals surface area contributed by atoms with E-state index in [2.05, 4.69) is 15.4 Å². The summed E-state index contributed by atoms with van der Waals surface area (Å²) in [6.07, 6.45) is 3.51. The number of benzene rings is 1. The molecule has 0 unspecified atom stereocenters. The lowest BCUT2D eigenvalue weighted by atomic mass is 9.44. The number of ketones is 1. The number of nitrogens with zero attached hydrogens (tertiary/aromatic N) is 3. The average molecular weight is 439 g/mol. The molecule has 1 atom stereocenters. The Morgan fingerprint density at radius 3 is 2.84 bits per heavy atom. The first-order valence-electron chi connectivity index (χ1n) is 10.1. The fraction of sp³-hybridized carbons (Fsp3) is 0.364. The number of hydrogen-bond donors (Lipinski definition) is 1. The molecule has 7 rings (SSSR count). The van der Waals surface area contributed by atoms with Crippen LogP contribution in [0.1, 0.15) is 36.0 Å². The molecular weight excluding hydrogens is 420 g/mol. The van der Waals surface area contributed by atoms with Crippen LogP contribution in [0.2, 0.25) is 5.02 Å². The summed E-state index contributed by atoms with van der Waals surface area (Å²) in [5.41, 5.74) is 1.68. The van der Waals surface area contributed by atoms with E-state index in [4.69, 9.17) is 21.1 Å². The number of rotatable bonds is 4. The SMILES string of the molecule is COc1ccc2nn(C34CC(NC(=O)[C@H]5CC(=O)c6cc(Cl)ccc6O5)(C3)C4)cc2n1. The maximum atomic E-state index is 12.8. The van der Waals surface area contributed by atoms with Gasteiger partial charge in [-0.15, -0.1) is 0 Å². The van der Waals surface area contributed by atoms with Gasteiger partial charge in [0, 0.05) is 16.6 Å². The van der Waals surface area contributed by atoms with Crippen molar-refractivity contribution in [3.05, 3.63) is 47.1 Å². The van der Waals surface area contributed by atoms with E-state index in [1.165, 1.54) is 0 Å². The Morgan fingerprint density at radius 1 is 1.26 bits per heavy atom. The van der Waals surface area contributed by atoms with Gasteiger partial charge < -0.3 is 14.8 Å². The van der Waals surface area contributed by atoms with Gasteiger partial charge in [0.2, 0.25) is 5.88 Å². The van der Waals surface area contributed by atoms with E-state index in [0.29, 0.717) is 22.2 Å². The van der Waals surface area contributed by atoms with Crippen molar-refractivity contribution in [3.63, 3.8) is 0 Å². The summed E-state index contributed by atoms with van der Waals surface area (Å²) in [6.45, 7) is 0. The Hall–Kier alpha value is -3.13. The van der Waals surface area contributed by atoms with Gasteiger partial charge in [-0.1, -0.05) is 11.6 Å². The zero-order valence-electron chi connectivity index (χ0n) is 16.7. The summed E-state index contributed by atoms with van der Waals surface area (Å²) in [7, 11) is 1.59. The number of carbonyl (C=O) groups excluding carboxylic acids is 2. The van der Waals surface area contributed by atoms with Gasteiger partial charge in [0.1, 0.15) is 16.8 Å². The number of pyridine rings is 1. The third-order valence-electron chi connectivity index (χ3n) is 6.60. The molecule has 3 heterocycles. The summed E-state index contributed by atoms with van der Waals surface area (Å²) >= 11 is 5.96. The van der Waals surface area contributed by atoms with Crippen molar-refractivity contribution >= 4 is 34.3 Å². The number of Topliss-reactive ketones (excluding diaryl/α,β-unsaturated/α-hetero) is 1. The van der Waals surface area contributed by atoms with E-state index in [1.54, 1.807) is 31.4 Å². The van der Waals surface area contributed by atoms with Crippen molar-refractivity contribution in [1.82, 2.24) is 20.1 Å². The summed E-state index contributed by atoms with van der Waals surface area (Å²) in [5, 5.41) is 8.26. The Bertz CT molecular complexity index is 1250. The minimum absolute atomic E-state index is 0.0123. The number of aromatic nitrogens is 3. The predicted octanol–water partition coefficient (Wildman–Crippen LogP) is 2.88. The molecule has 4 aliphatic rings. The van der Waals surface area contributed by atoms with E-state index in [1.807, 2.05) is 16.9 Å². The van der Waals surface area contributed by atoms with Crippen molar-refractivity contribution in [2.45, 2.75) is 42.9 Å². The van der Waals surface area contributed by atoms with Crippen molar-refractivity contribution < 1.29 is 19.1 Å². The van der Waals surface area contributed by atoms with Gasteiger partial charge in [-0.2, -0.15) is 5.10 Å². The largest absolute Gasteiger partial charge is 0.481 e. The predicted molar refractivity (Wildman–Crippen MR) is 112 cm³/mol. The normalized spacial score (nSPS) is 28.2. The molecule has 31 heavy (non-hydrogen) atoms. The first-order chi connectivity index (χ1) is 14.9. The van der Waals surface area contributed by atoms with Crippen LogP contribution in [0.15, 0.2) is 36.5 Å². The van der Waals surface area contributed by atoms with Crippen LogP contribution in [0.3, 0.4) is 0 Å². The number of amides is 1. The lowest BCUT2D eigenvalue weighted by molar-refractivity contribution is -0.163. The van der Waals surface area contributed by atoms with E-state index in [0.717, 1.165) is 30.3 Å². The fourth-order valence-corrected chi connectivity index (χ4v) is 5.31. The van der Waals surface area contributed by atoms with Gasteiger partial charge in [0.05, 0.1) is 30.8 Å². The van der Waals surface area contributed by atoms with Crippen molar-refractivity contribution in [1.29, 1.82) is 0 Å². The van der Waals surface area contributed by atoms with Crippen LogP contribution < -0.4 is 14.8 Å². The molecule has 2 bridgehead atoms. The summed E-state index contributed by atoms with van der Waals surface area (Å²) in [5.74, 6) is 0.573. The fourth-order valence-electron chi connectivity index (χ4n) is 5.14. The Morgan fingerprint density at radius 2 is 2.06 bits per heavy atom. The van der Waals surface area contributed by atoms with Crippen LogP contribution in [0.4, 0.5) is 0 Å². The highest BCUT2D eigenvalue weighted by molar-refractivity contribution is 6.31. The third-order valence-corrected chi connectivity index (χ3v) is 6.83. The number of halogens is 1. The van der Waals surface area contributed by atoms with Crippen LogP contribution in [0, 0.1) is 0 Å². The Kier molecular flexibility index (Phi) is 3.72. The summed E-state index contributed by atoms with van der Waals surface area (Å²) < 4.78 is 12.9. The van der Waals surface area contributed by atoms with E-state index in [-0.39, 0.29) is 29.2 Å². The molecule has 158 valence electrons. The number of carbonyl (C=O) groups is 2. The molecule has 0 saturated heterocycles. The maximum Gasteiger partial charge on any atom is 0.261 e. The van der Waals surface area contributed by atoms with Gasteiger partial charge in [0.15, 0.2) is 11.9 Å². The molecule has 3 aliphatic carbocycles. The molecule has 3 fully saturated rings. The molecule has 9 heteroatoms. The standard InChI is InChI=1S/C22H19ClN4O4/c1-30-19-5-3-14-15(24-19)8-27(26-14)22-9-21(10-22,11-22)25-20(29)18-7-16(28)13-6-12(23)2-4-17(13)31-18/h2-6,8,18H,7,9-11H2,1H3,(H,25,29)/t18-,21?,22?/m1/s1. The Labute approximate surface area is 182 Å². The van der Waals surface area contributed by atoms with Gasteiger partial charge in [0.25, 0.3) is 5.91 Å². The molecule has 8 nitrogen and oxygen atoms in total. The van der Waals surface area contributed by atoms with Crippen LogP contribution in [-0.4, -0.2) is 45.2 Å². The third kappa shape index (κ3) is 2.74. The molecular formula is C22H19ClN4O4. The second-order valence-electron chi connectivity index (χ2n) is 8.73. The van der Waals surface area contributed by atoms with E-state index >= 15 is 0 Å². The van der Waals surface area contributed by atoms with Crippen molar-refractivity contribution in [2.24, 2.45) is 0 Å². The lowest BCUT2D eigenvalue weighted by Crippen LogP contribution is -2.79. The van der Waals surface area contributed by atoms with Gasteiger partial charge >= 0.3 is 0 Å². The average Bonchev–Trinajstić information content (AvgIpc) is 3.12. The zero-order chi connectivity index (χ0) is 21.4. The molecule has 2 aromatic heterocycles. The molecule has 1 N–H and O–H groups in total. The van der Waals surface area contributed by atoms with E-state index in [9.17, 15) is 9.59 Å². The van der Waals surface area contributed by atoms with Gasteiger partial charge in [-0.3, -0.25) is 14.3 Å². The smallest absolute Gasteiger partial charge is 0.261 e. The van der Waals surface area contributed by atoms with Gasteiger partial charge in [-0.25, -0.2) is 4.98 Å². The molecule has 1 amide bonds. The first kappa shape index (κ1) is 18.6. The number of methoxy groups -OCH3 is 1. The monoisotopic (exact) mass is 438 g/mol. The Balaban J connectivity index is 1.14. The van der Waals surface area contributed by atoms with Crippen LogP contribution in [-0.2, 0) is 10.3 Å². The zero-order valence-corrected chi connectivity index (χ0v) is 17.5. The van der Waals surface area contributed by atoms with Gasteiger partial charge in [-0.05, 0) is 43.5 Å². The topological polar surface area (TPSA) is 95.3 Å². The highest BCUT2D eigenvalue weighted by atomic mass is 35.5. The van der Waals surface area contributed by atoms with Crippen molar-refractivity contribution in [2.75, 3.05) is 7.11 Å². The number of hydrogen-bond acceptors (Lipinski definition) is 6. The summed E-state index contributed by atoms with van der Waals surface area (Å²) in [4.78, 5) is 29.7. The minimum Gasteiger partial charge on any atom is -0.481 e. The number of fused-ring (bicyclic) bond motifs is 2. The van der Waals surface area contributed by atoms with E-state index < -0.39 is 6.10 Å². The lowest BCUT2D eigenvalue weighted by Gasteiger charge is -2.70. The second kappa shape index (κ2) is 6.20. The molecule has 1 aliphatic heterocycles. The van der Waals surface area contributed by atoms with Crippen LogP contribution in [0.5, 0.6) is 11.6 Å². The highest BCUT2D eigenvalue weighted by Gasteiger charge is 2.70. The number of ether oxygens (including phenoxy) is 2. The van der Waals surface area contributed by atoms with Crippen LogP contribution >= 0.6 is 11.6 Å². The molecule has 0 spiro atoms. The highest BCUT2D eigenvalue weighted by Crippen LogP contribution is 2.65. The maximum absolute atomic E-state index is 12.8. The minimum atomic E-state index is -0.824. The first-order valence-corrected chi connectivity index (χ1v) is 10.5.